The first-order chi connectivity index (χ1) is 7.70. The molecule has 0 saturated carbocycles. The van der Waals surface area contributed by atoms with Gasteiger partial charge in [-0.3, -0.25) is 4.79 Å². The third-order valence-corrected chi connectivity index (χ3v) is 3.85. The summed E-state index contributed by atoms with van der Waals surface area (Å²) in [6, 6.07) is 0.363. The lowest BCUT2D eigenvalue weighted by Crippen LogP contribution is -2.53. The zero-order chi connectivity index (χ0) is 11.5. The molecule has 0 aliphatic carbocycles. The van der Waals surface area contributed by atoms with E-state index >= 15 is 0 Å². The number of amides is 1. The Kier molecular flexibility index (Phi) is 3.82. The van der Waals surface area contributed by atoms with Crippen LogP contribution in [0.5, 0.6) is 0 Å². The molecule has 2 rings (SSSR count). The van der Waals surface area contributed by atoms with Gasteiger partial charge in [-0.1, -0.05) is 0 Å². The van der Waals surface area contributed by atoms with E-state index in [1.165, 1.54) is 12.8 Å². The van der Waals surface area contributed by atoms with Gasteiger partial charge in [0.25, 0.3) is 0 Å². The first-order valence-electron chi connectivity index (χ1n) is 6.36. The van der Waals surface area contributed by atoms with E-state index in [0.29, 0.717) is 11.9 Å². The molecule has 92 valence electrons. The minimum atomic E-state index is 0.203. The number of likely N-dealkylation sites (tertiary alicyclic amines) is 1. The van der Waals surface area contributed by atoms with Crippen molar-refractivity contribution in [3.63, 3.8) is 0 Å². The van der Waals surface area contributed by atoms with Crippen LogP contribution in [0.3, 0.4) is 0 Å². The van der Waals surface area contributed by atoms with Gasteiger partial charge in [-0.05, 0) is 39.9 Å². The number of rotatable bonds is 2. The molecule has 0 radical (unpaired) electrons. The van der Waals surface area contributed by atoms with Gasteiger partial charge in [-0.25, -0.2) is 0 Å². The van der Waals surface area contributed by atoms with Gasteiger partial charge in [0, 0.05) is 25.7 Å². The molecule has 0 aromatic carbocycles. The Bertz CT molecular complexity index is 249. The van der Waals surface area contributed by atoms with E-state index < -0.39 is 0 Å². The van der Waals surface area contributed by atoms with Gasteiger partial charge >= 0.3 is 0 Å². The van der Waals surface area contributed by atoms with Crippen LogP contribution >= 0.6 is 0 Å². The normalized spacial score (nSPS) is 31.1. The fourth-order valence-electron chi connectivity index (χ4n) is 2.84. The highest BCUT2D eigenvalue weighted by atomic mass is 16.2. The van der Waals surface area contributed by atoms with Crippen molar-refractivity contribution in [2.24, 2.45) is 5.92 Å². The molecule has 2 heterocycles. The Labute approximate surface area is 98.0 Å². The van der Waals surface area contributed by atoms with Gasteiger partial charge in [0.1, 0.15) is 0 Å². The van der Waals surface area contributed by atoms with E-state index in [4.69, 9.17) is 0 Å². The van der Waals surface area contributed by atoms with Crippen molar-refractivity contribution in [2.75, 3.05) is 40.3 Å². The van der Waals surface area contributed by atoms with E-state index in [1.54, 1.807) is 0 Å². The lowest BCUT2D eigenvalue weighted by molar-refractivity contribution is -0.137. The Morgan fingerprint density at radius 3 is 2.62 bits per heavy atom. The third-order valence-electron chi connectivity index (χ3n) is 3.85. The van der Waals surface area contributed by atoms with Crippen molar-refractivity contribution in [3.05, 3.63) is 0 Å². The van der Waals surface area contributed by atoms with Crippen LogP contribution in [0.4, 0.5) is 0 Å². The highest BCUT2D eigenvalue weighted by molar-refractivity contribution is 5.80. The van der Waals surface area contributed by atoms with Crippen molar-refractivity contribution in [1.82, 2.24) is 15.1 Å². The third kappa shape index (κ3) is 2.38. The molecule has 4 heteroatoms. The fourth-order valence-corrected chi connectivity index (χ4v) is 2.84. The number of carbonyl (C=O) groups excluding carboxylic acids is 1. The SMILES string of the molecule is CN(C)[C@H]1CNCC[C@H]1C(=O)N1CCCC1. The standard InChI is InChI=1S/C12H23N3O/c1-14(2)11-9-13-6-5-10(11)12(16)15-7-3-4-8-15/h10-11,13H,3-9H2,1-2H3/t10-,11+/m1/s1. The topological polar surface area (TPSA) is 35.6 Å². The Morgan fingerprint density at radius 1 is 1.31 bits per heavy atom. The van der Waals surface area contributed by atoms with Gasteiger partial charge in [0.05, 0.1) is 5.92 Å². The predicted octanol–water partition coefficient (Wildman–Crippen LogP) is 0.149. The molecule has 0 unspecified atom stereocenters. The van der Waals surface area contributed by atoms with Crippen molar-refractivity contribution < 1.29 is 4.79 Å². The second kappa shape index (κ2) is 5.15. The molecule has 2 saturated heterocycles. The van der Waals surface area contributed by atoms with Crippen LogP contribution < -0.4 is 5.32 Å². The summed E-state index contributed by atoms with van der Waals surface area (Å²) in [7, 11) is 4.14. The van der Waals surface area contributed by atoms with Crippen molar-refractivity contribution in [1.29, 1.82) is 0 Å². The predicted molar refractivity (Wildman–Crippen MR) is 64.3 cm³/mol. The van der Waals surface area contributed by atoms with Crippen LogP contribution in [0.15, 0.2) is 0 Å². The Balaban J connectivity index is 2.01. The number of hydrogen-bond donors (Lipinski definition) is 1. The summed E-state index contributed by atoms with van der Waals surface area (Å²) < 4.78 is 0. The zero-order valence-electron chi connectivity index (χ0n) is 10.4. The summed E-state index contributed by atoms with van der Waals surface area (Å²) in [5.41, 5.74) is 0. The summed E-state index contributed by atoms with van der Waals surface area (Å²) in [6.45, 7) is 3.87. The zero-order valence-corrected chi connectivity index (χ0v) is 10.4. The number of likely N-dealkylation sites (N-methyl/N-ethyl adjacent to an activating group) is 1. The molecule has 0 aromatic heterocycles. The average molecular weight is 225 g/mol. The molecule has 0 aromatic rings. The maximum absolute atomic E-state index is 12.4. The minimum Gasteiger partial charge on any atom is -0.342 e. The van der Waals surface area contributed by atoms with Gasteiger partial charge in [0.15, 0.2) is 0 Å². The molecule has 2 aliphatic rings. The smallest absolute Gasteiger partial charge is 0.227 e. The molecule has 4 nitrogen and oxygen atoms in total. The molecule has 2 aliphatic heterocycles. The van der Waals surface area contributed by atoms with Crippen LogP contribution in [0.25, 0.3) is 0 Å². The van der Waals surface area contributed by atoms with Crippen LogP contribution in [0.1, 0.15) is 19.3 Å². The number of hydrogen-bond acceptors (Lipinski definition) is 3. The minimum absolute atomic E-state index is 0.203. The fraction of sp³-hybridized carbons (Fsp3) is 0.917. The molecule has 16 heavy (non-hydrogen) atoms. The first kappa shape index (κ1) is 11.9. The number of nitrogens with one attached hydrogen (secondary N) is 1. The van der Waals surface area contributed by atoms with E-state index in [1.807, 2.05) is 0 Å². The summed E-state index contributed by atoms with van der Waals surface area (Å²) in [4.78, 5) is 16.6. The van der Waals surface area contributed by atoms with Crippen molar-refractivity contribution in [2.45, 2.75) is 25.3 Å². The second-order valence-electron chi connectivity index (χ2n) is 5.16. The van der Waals surface area contributed by atoms with Crippen LogP contribution in [0, 0.1) is 5.92 Å². The number of nitrogens with zero attached hydrogens (tertiary/aromatic N) is 2. The highest BCUT2D eigenvalue weighted by Gasteiger charge is 2.35. The lowest BCUT2D eigenvalue weighted by atomic mass is 9.90. The maximum atomic E-state index is 12.4. The van der Waals surface area contributed by atoms with Gasteiger partial charge < -0.3 is 15.1 Å². The van der Waals surface area contributed by atoms with Crippen molar-refractivity contribution >= 4 is 5.91 Å². The molecule has 0 spiro atoms. The number of carbonyl (C=O) groups is 1. The summed E-state index contributed by atoms with van der Waals surface area (Å²) in [5.74, 6) is 0.590. The molecule has 1 amide bonds. The molecule has 1 N–H and O–H groups in total. The van der Waals surface area contributed by atoms with Crippen LogP contribution in [0.2, 0.25) is 0 Å². The summed E-state index contributed by atoms with van der Waals surface area (Å²) >= 11 is 0. The lowest BCUT2D eigenvalue weighted by Gasteiger charge is -2.37. The van der Waals surface area contributed by atoms with Gasteiger partial charge in [-0.2, -0.15) is 0 Å². The molecule has 2 atom stereocenters. The van der Waals surface area contributed by atoms with Gasteiger partial charge in [-0.15, -0.1) is 0 Å². The molecule has 0 bridgehead atoms. The quantitative estimate of drug-likeness (QED) is 0.726. The maximum Gasteiger partial charge on any atom is 0.227 e. The van der Waals surface area contributed by atoms with E-state index in [9.17, 15) is 4.79 Å². The monoisotopic (exact) mass is 225 g/mol. The largest absolute Gasteiger partial charge is 0.342 e. The highest BCUT2D eigenvalue weighted by Crippen LogP contribution is 2.21. The first-order valence-corrected chi connectivity index (χ1v) is 6.36. The van der Waals surface area contributed by atoms with Crippen LogP contribution in [-0.4, -0.2) is 62.0 Å². The van der Waals surface area contributed by atoms with Crippen LogP contribution in [-0.2, 0) is 4.79 Å². The summed E-state index contributed by atoms with van der Waals surface area (Å²) in [6.07, 6.45) is 3.35. The van der Waals surface area contributed by atoms with Crippen molar-refractivity contribution in [3.8, 4) is 0 Å². The second-order valence-corrected chi connectivity index (χ2v) is 5.16. The molecular weight excluding hydrogens is 202 g/mol. The average Bonchev–Trinajstić information content (AvgIpc) is 2.81. The summed E-state index contributed by atoms with van der Waals surface area (Å²) in [5, 5.41) is 3.38. The van der Waals surface area contributed by atoms with Gasteiger partial charge in [0.2, 0.25) is 5.91 Å². The van der Waals surface area contributed by atoms with E-state index in [-0.39, 0.29) is 5.92 Å². The Morgan fingerprint density at radius 2 is 2.00 bits per heavy atom. The van der Waals surface area contributed by atoms with E-state index in [2.05, 4.69) is 29.2 Å². The van der Waals surface area contributed by atoms with E-state index in [0.717, 1.165) is 32.6 Å². The molecular formula is C12H23N3O. The molecule has 2 fully saturated rings. The Hall–Kier alpha value is -0.610. The number of piperidine rings is 1.